The van der Waals surface area contributed by atoms with Gasteiger partial charge in [-0.1, -0.05) is 32.4 Å². The highest BCUT2D eigenvalue weighted by atomic mass is 15.1. The van der Waals surface area contributed by atoms with Gasteiger partial charge in [-0.2, -0.15) is 0 Å². The van der Waals surface area contributed by atoms with Crippen molar-refractivity contribution < 1.29 is 0 Å². The summed E-state index contributed by atoms with van der Waals surface area (Å²) in [5.41, 5.74) is 1.16. The first kappa shape index (κ1) is 9.37. The molecule has 0 bridgehead atoms. The van der Waals surface area contributed by atoms with E-state index < -0.39 is 0 Å². The molecular formula is C11H19N. The summed E-state index contributed by atoms with van der Waals surface area (Å²) in [5.74, 6) is 0.765. The van der Waals surface area contributed by atoms with Gasteiger partial charge in [-0.15, -0.1) is 0 Å². The van der Waals surface area contributed by atoms with Crippen molar-refractivity contribution in [1.29, 1.82) is 0 Å². The average molecular weight is 165 g/mol. The molecular weight excluding hydrogens is 146 g/mol. The topological polar surface area (TPSA) is 3.24 Å². The molecule has 0 N–H and O–H groups in total. The van der Waals surface area contributed by atoms with Crippen LogP contribution in [0.25, 0.3) is 0 Å². The van der Waals surface area contributed by atoms with Crippen LogP contribution in [0.5, 0.6) is 0 Å². The van der Waals surface area contributed by atoms with Gasteiger partial charge in [0, 0.05) is 18.4 Å². The maximum Gasteiger partial charge on any atom is 0.0285 e. The highest BCUT2D eigenvalue weighted by molar-refractivity contribution is 5.06. The smallest absolute Gasteiger partial charge is 0.0285 e. The van der Waals surface area contributed by atoms with Gasteiger partial charge in [0.05, 0.1) is 0 Å². The summed E-state index contributed by atoms with van der Waals surface area (Å²) in [6.07, 6.45) is 8.46. The van der Waals surface area contributed by atoms with Gasteiger partial charge in [0.15, 0.2) is 0 Å². The lowest BCUT2D eigenvalue weighted by atomic mass is 10.0. The number of unbranched alkanes of at least 4 members (excludes halogenated alkanes) is 1. The summed E-state index contributed by atoms with van der Waals surface area (Å²) >= 11 is 0. The van der Waals surface area contributed by atoms with Crippen LogP contribution in [-0.2, 0) is 0 Å². The molecule has 1 rings (SSSR count). The van der Waals surface area contributed by atoms with Crippen molar-refractivity contribution in [2.24, 2.45) is 5.92 Å². The van der Waals surface area contributed by atoms with Crippen LogP contribution in [0.1, 0.15) is 33.1 Å². The van der Waals surface area contributed by atoms with Crippen LogP contribution >= 0.6 is 0 Å². The molecule has 0 amide bonds. The molecule has 1 atom stereocenters. The van der Waals surface area contributed by atoms with Gasteiger partial charge >= 0.3 is 0 Å². The zero-order valence-corrected chi connectivity index (χ0v) is 8.21. The second-order valence-electron chi connectivity index (χ2n) is 3.63. The van der Waals surface area contributed by atoms with Crippen LogP contribution in [0, 0.1) is 5.92 Å². The minimum Gasteiger partial charge on any atom is -0.352 e. The Morgan fingerprint density at radius 1 is 1.67 bits per heavy atom. The highest BCUT2D eigenvalue weighted by Gasteiger charge is 2.14. The average Bonchev–Trinajstić information content (AvgIpc) is 2.48. The van der Waals surface area contributed by atoms with E-state index in [9.17, 15) is 0 Å². The Kier molecular flexibility index (Phi) is 3.39. The lowest BCUT2D eigenvalue weighted by Crippen LogP contribution is -2.15. The number of allylic oxidation sites excluding steroid dienone is 1. The maximum absolute atomic E-state index is 3.93. The van der Waals surface area contributed by atoms with E-state index in [-0.39, 0.29) is 0 Å². The van der Waals surface area contributed by atoms with E-state index in [0.29, 0.717) is 0 Å². The van der Waals surface area contributed by atoms with Crippen molar-refractivity contribution in [3.05, 3.63) is 24.6 Å². The molecule has 1 nitrogen and oxygen atoms in total. The van der Waals surface area contributed by atoms with Gasteiger partial charge in [-0.25, -0.2) is 0 Å². The number of hydrogen-bond acceptors (Lipinski definition) is 1. The van der Waals surface area contributed by atoms with E-state index in [1.54, 1.807) is 0 Å². The first-order valence-electron chi connectivity index (χ1n) is 4.84. The first-order valence-corrected chi connectivity index (χ1v) is 4.84. The van der Waals surface area contributed by atoms with Crippen molar-refractivity contribution in [1.82, 2.24) is 4.90 Å². The molecule has 0 aromatic rings. The fourth-order valence-corrected chi connectivity index (χ4v) is 1.54. The van der Waals surface area contributed by atoms with E-state index >= 15 is 0 Å². The van der Waals surface area contributed by atoms with Crippen molar-refractivity contribution in [2.45, 2.75) is 33.1 Å². The fraction of sp³-hybridized carbons (Fsp3) is 0.636. The van der Waals surface area contributed by atoms with Crippen LogP contribution in [-0.4, -0.2) is 11.4 Å². The Balaban J connectivity index is 2.27. The zero-order valence-electron chi connectivity index (χ0n) is 8.21. The van der Waals surface area contributed by atoms with Crippen LogP contribution in [0.15, 0.2) is 24.6 Å². The Labute approximate surface area is 75.8 Å². The van der Waals surface area contributed by atoms with Crippen LogP contribution in [0.4, 0.5) is 0 Å². The SMILES string of the molecule is C=C(C)N1C=CC(CCCC)C1. The van der Waals surface area contributed by atoms with Crippen molar-refractivity contribution in [3.8, 4) is 0 Å². The van der Waals surface area contributed by atoms with Crippen LogP contribution < -0.4 is 0 Å². The Hall–Kier alpha value is -0.720. The molecule has 1 heterocycles. The van der Waals surface area contributed by atoms with Gasteiger partial charge in [0.1, 0.15) is 0 Å². The number of nitrogens with zero attached hydrogens (tertiary/aromatic N) is 1. The van der Waals surface area contributed by atoms with Crippen molar-refractivity contribution in [2.75, 3.05) is 6.54 Å². The predicted molar refractivity (Wildman–Crippen MR) is 53.7 cm³/mol. The summed E-state index contributed by atoms with van der Waals surface area (Å²) in [7, 11) is 0. The zero-order chi connectivity index (χ0) is 8.97. The lowest BCUT2D eigenvalue weighted by molar-refractivity contribution is 0.424. The molecule has 0 aromatic heterocycles. The Bertz CT molecular complexity index is 181. The van der Waals surface area contributed by atoms with Crippen molar-refractivity contribution >= 4 is 0 Å². The molecule has 1 aliphatic rings. The lowest BCUT2D eigenvalue weighted by Gasteiger charge is -2.17. The minimum absolute atomic E-state index is 0.765. The largest absolute Gasteiger partial charge is 0.352 e. The van der Waals surface area contributed by atoms with Gasteiger partial charge in [0.2, 0.25) is 0 Å². The maximum atomic E-state index is 3.93. The molecule has 0 fully saturated rings. The van der Waals surface area contributed by atoms with Crippen LogP contribution in [0.3, 0.4) is 0 Å². The molecule has 0 radical (unpaired) electrons. The molecule has 0 saturated carbocycles. The first-order chi connectivity index (χ1) is 5.74. The number of rotatable bonds is 4. The standard InChI is InChI=1S/C11H19N/c1-4-5-6-11-7-8-12(9-11)10(2)3/h7-8,11H,2,4-6,9H2,1,3H3. The van der Waals surface area contributed by atoms with E-state index in [1.807, 2.05) is 0 Å². The number of hydrogen-bond donors (Lipinski definition) is 0. The molecule has 1 unspecified atom stereocenters. The Morgan fingerprint density at radius 2 is 2.42 bits per heavy atom. The molecule has 0 aliphatic carbocycles. The molecule has 0 spiro atoms. The summed E-state index contributed by atoms with van der Waals surface area (Å²) < 4.78 is 0. The molecule has 68 valence electrons. The van der Waals surface area contributed by atoms with E-state index in [0.717, 1.165) is 18.2 Å². The van der Waals surface area contributed by atoms with Gasteiger partial charge in [-0.05, 0) is 19.3 Å². The van der Waals surface area contributed by atoms with Crippen LogP contribution in [0.2, 0.25) is 0 Å². The predicted octanol–water partition coefficient (Wildman–Crippen LogP) is 3.16. The molecule has 1 aliphatic heterocycles. The molecule has 0 saturated heterocycles. The van der Waals surface area contributed by atoms with Crippen molar-refractivity contribution in [3.63, 3.8) is 0 Å². The molecule has 0 aromatic carbocycles. The highest BCUT2D eigenvalue weighted by Crippen LogP contribution is 2.20. The quantitative estimate of drug-likeness (QED) is 0.618. The third kappa shape index (κ3) is 2.40. The summed E-state index contributed by atoms with van der Waals surface area (Å²) in [4.78, 5) is 2.24. The minimum atomic E-state index is 0.765. The summed E-state index contributed by atoms with van der Waals surface area (Å²) in [6.45, 7) is 9.38. The van der Waals surface area contributed by atoms with Gasteiger partial charge in [-0.3, -0.25) is 0 Å². The van der Waals surface area contributed by atoms with E-state index in [1.165, 1.54) is 19.3 Å². The molecule has 1 heteroatoms. The fourth-order valence-electron chi connectivity index (χ4n) is 1.54. The van der Waals surface area contributed by atoms with E-state index in [2.05, 4.69) is 37.6 Å². The van der Waals surface area contributed by atoms with Gasteiger partial charge in [0.25, 0.3) is 0 Å². The summed E-state index contributed by atoms with van der Waals surface area (Å²) in [6, 6.07) is 0. The second kappa shape index (κ2) is 4.34. The normalized spacial score (nSPS) is 21.8. The third-order valence-corrected chi connectivity index (χ3v) is 2.39. The third-order valence-electron chi connectivity index (χ3n) is 2.39. The van der Waals surface area contributed by atoms with Gasteiger partial charge < -0.3 is 4.90 Å². The monoisotopic (exact) mass is 165 g/mol. The van der Waals surface area contributed by atoms with E-state index in [4.69, 9.17) is 0 Å². The second-order valence-corrected chi connectivity index (χ2v) is 3.63. The Morgan fingerprint density at radius 3 is 2.92 bits per heavy atom. The molecule has 12 heavy (non-hydrogen) atoms. The summed E-state index contributed by atoms with van der Waals surface area (Å²) in [5, 5.41) is 0.